The summed E-state index contributed by atoms with van der Waals surface area (Å²) in [6, 6.07) is 0.224. The molecule has 0 bridgehead atoms. The van der Waals surface area contributed by atoms with Crippen LogP contribution in [0, 0.1) is 82.9 Å². The fourth-order valence-electron chi connectivity index (χ4n) is 16.9. The zero-order valence-corrected chi connectivity index (χ0v) is 48.9. The van der Waals surface area contributed by atoms with E-state index in [1.165, 1.54) is 0 Å². The van der Waals surface area contributed by atoms with Crippen molar-refractivity contribution in [3.8, 4) is 5.75 Å². The summed E-state index contributed by atoms with van der Waals surface area (Å²) in [6.07, 6.45) is 11.4. The average molecular weight is 1070 g/mol. The summed E-state index contributed by atoms with van der Waals surface area (Å²) in [5.74, 6) is -6.38. The fourth-order valence-corrected chi connectivity index (χ4v) is 16.9. The summed E-state index contributed by atoms with van der Waals surface area (Å²) in [4.78, 5) is 77.1. The van der Waals surface area contributed by atoms with E-state index in [0.29, 0.717) is 46.8 Å². The van der Waals surface area contributed by atoms with Gasteiger partial charge in [-0.05, 0) is 160 Å². The number of Topliss-reactive ketones (excluding diaryl/α,β-unsaturated/α-hetero) is 2. The van der Waals surface area contributed by atoms with Gasteiger partial charge in [-0.3, -0.25) is 24.1 Å². The lowest BCUT2D eigenvalue weighted by atomic mass is 9.56. The van der Waals surface area contributed by atoms with Gasteiger partial charge >= 0.3 is 11.9 Å². The highest BCUT2D eigenvalue weighted by molar-refractivity contribution is 6.37. The van der Waals surface area contributed by atoms with Crippen molar-refractivity contribution in [1.29, 1.82) is 0 Å². The van der Waals surface area contributed by atoms with Gasteiger partial charge in [-0.2, -0.15) is 0 Å². The van der Waals surface area contributed by atoms with E-state index in [9.17, 15) is 34.8 Å². The lowest BCUT2D eigenvalue weighted by Gasteiger charge is -2.58. The number of amides is 2. The number of nitrogens with zero attached hydrogens (tertiary/aromatic N) is 2. The number of carbonyl (C=O) groups is 5. The van der Waals surface area contributed by atoms with Crippen molar-refractivity contribution in [2.24, 2.45) is 88.6 Å². The van der Waals surface area contributed by atoms with Crippen molar-refractivity contribution in [1.82, 2.24) is 4.90 Å². The second-order valence-electron chi connectivity index (χ2n) is 27.2. The number of hydrogen-bond acceptors (Lipinski definition) is 12. The average Bonchev–Trinajstić information content (AvgIpc) is 3.36. The zero-order chi connectivity index (χ0) is 56.4. The SMILES string of the molecule is CCOC(=O)C(=O)Nc1cc(N(C2CC(C)CCC2C(C)C)C2CC(C)CCC2C(C)C)c2c(c1O)C(O)=C1C(=O)C3(O)C(O)=C(C(N)=O)C(=O)C(N(C4CC(C)CCC4C(C)C)C4CC(C)CCC4C(C)C)C3CC1C2. The van der Waals surface area contributed by atoms with Crippen LogP contribution < -0.4 is 16.0 Å². The molecule has 8 rings (SSSR count). The first-order chi connectivity index (χ1) is 36.2. The molecule has 428 valence electrons. The molecular formula is C63H96N4O10. The maximum atomic E-state index is 16.0. The number of esters is 1. The van der Waals surface area contributed by atoms with E-state index in [-0.39, 0.29) is 95.9 Å². The molecule has 2 amide bonds. The Bertz CT molecular complexity index is 2430. The summed E-state index contributed by atoms with van der Waals surface area (Å²) in [5, 5.41) is 54.2. The Labute approximate surface area is 459 Å². The van der Waals surface area contributed by atoms with Gasteiger partial charge in [-0.25, -0.2) is 4.79 Å². The highest BCUT2D eigenvalue weighted by atomic mass is 16.5. The van der Waals surface area contributed by atoms with Gasteiger partial charge in [0.05, 0.1) is 23.9 Å². The normalized spacial score (nSPS) is 35.8. The third-order valence-electron chi connectivity index (χ3n) is 20.9. The number of rotatable bonds is 13. The van der Waals surface area contributed by atoms with Gasteiger partial charge in [0.15, 0.2) is 11.4 Å². The van der Waals surface area contributed by atoms with Gasteiger partial charge in [0.2, 0.25) is 5.78 Å². The number of primary amides is 1. The van der Waals surface area contributed by atoms with Gasteiger partial charge in [0.1, 0.15) is 22.8 Å². The van der Waals surface area contributed by atoms with Crippen LogP contribution in [-0.2, 0) is 35.1 Å². The molecule has 5 fully saturated rings. The molecule has 14 nitrogen and oxygen atoms in total. The molecule has 0 radical (unpaired) electrons. The predicted octanol–water partition coefficient (Wildman–Crippen LogP) is 10.9. The number of nitrogens with two attached hydrogens (primary N) is 1. The molecular weight excluding hydrogens is 973 g/mol. The number of aliphatic hydroxyl groups excluding tert-OH is 2. The lowest BCUT2D eigenvalue weighted by molar-refractivity contribution is -0.164. The molecule has 7 aliphatic carbocycles. The topological polar surface area (TPSA) is 220 Å². The zero-order valence-electron chi connectivity index (χ0n) is 48.9. The summed E-state index contributed by atoms with van der Waals surface area (Å²) in [7, 11) is 0. The summed E-state index contributed by atoms with van der Waals surface area (Å²) < 4.78 is 5.10. The number of benzene rings is 1. The van der Waals surface area contributed by atoms with Crippen LogP contribution in [0.3, 0.4) is 0 Å². The molecule has 0 aromatic heterocycles. The van der Waals surface area contributed by atoms with E-state index < -0.39 is 75.7 Å². The first kappa shape index (κ1) is 58.7. The number of fused-ring (bicyclic) bond motifs is 3. The molecule has 16 atom stereocenters. The molecule has 7 aliphatic rings. The number of ether oxygens (including phenoxy) is 1. The van der Waals surface area contributed by atoms with E-state index in [4.69, 9.17) is 10.5 Å². The molecule has 0 heterocycles. The second kappa shape index (κ2) is 23.0. The Kier molecular flexibility index (Phi) is 17.5. The molecule has 0 aliphatic heterocycles. The molecule has 14 heteroatoms. The van der Waals surface area contributed by atoms with E-state index in [1.54, 1.807) is 13.0 Å². The minimum atomic E-state index is -2.87. The Hall–Kier alpha value is -4.43. The van der Waals surface area contributed by atoms with Crippen molar-refractivity contribution < 1.29 is 49.1 Å². The van der Waals surface area contributed by atoms with Crippen LogP contribution in [0.5, 0.6) is 5.75 Å². The highest BCUT2D eigenvalue weighted by Gasteiger charge is 2.66. The number of phenolic OH excluding ortho intramolecular Hbond substituents is 1. The Morgan fingerprint density at radius 2 is 1.14 bits per heavy atom. The maximum absolute atomic E-state index is 16.0. The van der Waals surface area contributed by atoms with Crippen LogP contribution in [-0.4, -0.2) is 97.1 Å². The van der Waals surface area contributed by atoms with Crippen molar-refractivity contribution >= 4 is 46.5 Å². The Balaban J connectivity index is 1.40. The lowest BCUT2D eigenvalue weighted by Crippen LogP contribution is -2.70. The second-order valence-corrected chi connectivity index (χ2v) is 27.2. The van der Waals surface area contributed by atoms with Gasteiger partial charge in [-0.15, -0.1) is 0 Å². The van der Waals surface area contributed by atoms with E-state index in [1.807, 2.05) is 0 Å². The number of anilines is 2. The summed E-state index contributed by atoms with van der Waals surface area (Å²) in [5.41, 5.74) is 3.16. The first-order valence-corrected chi connectivity index (χ1v) is 30.2. The quantitative estimate of drug-likeness (QED) is 0.0470. The van der Waals surface area contributed by atoms with Crippen LogP contribution >= 0.6 is 0 Å². The fraction of sp³-hybridized carbons (Fsp3) is 0.762. The number of aromatic hydroxyl groups is 1. The maximum Gasteiger partial charge on any atom is 0.397 e. The molecule has 5 saturated carbocycles. The summed E-state index contributed by atoms with van der Waals surface area (Å²) >= 11 is 0. The molecule has 16 unspecified atom stereocenters. The smallest absolute Gasteiger partial charge is 0.397 e. The largest absolute Gasteiger partial charge is 0.508 e. The Morgan fingerprint density at radius 1 is 0.701 bits per heavy atom. The number of carbonyl (C=O) groups excluding carboxylic acids is 5. The predicted molar refractivity (Wildman–Crippen MR) is 301 cm³/mol. The number of ketones is 2. The van der Waals surface area contributed by atoms with E-state index in [0.717, 1.165) is 77.0 Å². The third kappa shape index (κ3) is 10.6. The number of nitrogens with one attached hydrogen (secondary N) is 1. The highest BCUT2D eigenvalue weighted by Crippen LogP contribution is 2.58. The van der Waals surface area contributed by atoms with Crippen molar-refractivity contribution in [2.45, 2.75) is 216 Å². The Morgan fingerprint density at radius 3 is 1.57 bits per heavy atom. The minimum Gasteiger partial charge on any atom is -0.508 e. The van der Waals surface area contributed by atoms with Gasteiger partial charge in [0.25, 0.3) is 5.91 Å². The number of hydrogen-bond donors (Lipinski definition) is 6. The van der Waals surface area contributed by atoms with Crippen LogP contribution in [0.15, 0.2) is 23.0 Å². The molecule has 77 heavy (non-hydrogen) atoms. The van der Waals surface area contributed by atoms with E-state index >= 15 is 9.59 Å². The minimum absolute atomic E-state index is 0.00457. The molecule has 1 aromatic rings. The van der Waals surface area contributed by atoms with E-state index in [2.05, 4.69) is 98.2 Å². The van der Waals surface area contributed by atoms with Crippen LogP contribution in [0.25, 0.3) is 5.76 Å². The van der Waals surface area contributed by atoms with Gasteiger partial charge < -0.3 is 41.1 Å². The monoisotopic (exact) mass is 1070 g/mol. The van der Waals surface area contributed by atoms with Gasteiger partial charge in [-0.1, -0.05) is 109 Å². The van der Waals surface area contributed by atoms with Crippen LogP contribution in [0.2, 0.25) is 0 Å². The standard InChI is InChI=1S/C63H96N4O10/c1-14-77-62(75)61(74)65-45-29-50(66(46-23-34(10)15-19-39(46)30(2)3)47-24-35(11)16-20-40(47)31(4)5)43-27-38-28-44-54(57(70)53(60(64)73)59(72)63(44,76)58(71)51(38)56(69)52(43)55(45)68)67(48-25-36(12)17-21-41(48)32(6)7)49-26-37(13)18-22-42(49)33(8)9/h29-42,44,46-49,54,68-69,72,76H,14-28H2,1-13H3,(H2,64,73)(H,65,74). The molecule has 0 saturated heterocycles. The van der Waals surface area contributed by atoms with Crippen molar-refractivity contribution in [3.63, 3.8) is 0 Å². The van der Waals surface area contributed by atoms with Crippen molar-refractivity contribution in [2.75, 3.05) is 16.8 Å². The van der Waals surface area contributed by atoms with Crippen LogP contribution in [0.1, 0.15) is 185 Å². The third-order valence-corrected chi connectivity index (χ3v) is 20.9. The molecule has 1 aromatic carbocycles. The number of aliphatic hydroxyl groups is 3. The number of phenols is 1. The van der Waals surface area contributed by atoms with Crippen LogP contribution in [0.4, 0.5) is 11.4 Å². The molecule has 0 spiro atoms. The van der Waals surface area contributed by atoms with Crippen molar-refractivity contribution in [3.05, 3.63) is 34.1 Å². The first-order valence-electron chi connectivity index (χ1n) is 30.2. The van der Waals surface area contributed by atoms with Gasteiger partial charge in [0, 0.05) is 41.3 Å². The molecule has 7 N–H and O–H groups in total. The summed E-state index contributed by atoms with van der Waals surface area (Å²) in [6.45, 7) is 28.6.